The highest BCUT2D eigenvalue weighted by molar-refractivity contribution is 5.79. The molecule has 7 nitrogen and oxygen atoms in total. The Hall–Kier alpha value is -2.18. The third-order valence-corrected chi connectivity index (χ3v) is 4.09. The van der Waals surface area contributed by atoms with Crippen molar-refractivity contribution in [3.63, 3.8) is 0 Å². The summed E-state index contributed by atoms with van der Waals surface area (Å²) in [6, 6.07) is 1.83. The minimum atomic E-state index is -0.448. The number of nitrogens with one attached hydrogen (secondary N) is 2. The normalized spacial score (nSPS) is 21.0. The molecule has 126 valence electrons. The standard InChI is InChI=1S/C16H24N4O3/c1-10(2)18-16(21)12-5-4-6-13(8-12)19-15-11(3)7-14(9-17-15)20(22)23/h7,9-10,12-13H,4-6,8H2,1-3H3,(H,17,19)(H,18,21). The maximum Gasteiger partial charge on any atom is 0.287 e. The Morgan fingerprint density at radius 1 is 1.43 bits per heavy atom. The number of carbonyl (C=O) groups excluding carboxylic acids is 1. The van der Waals surface area contributed by atoms with Gasteiger partial charge in [-0.1, -0.05) is 6.42 Å². The third-order valence-electron chi connectivity index (χ3n) is 4.09. The van der Waals surface area contributed by atoms with Crippen molar-refractivity contribution in [2.45, 2.75) is 58.5 Å². The molecule has 23 heavy (non-hydrogen) atoms. The van der Waals surface area contributed by atoms with Crippen LogP contribution in [0.2, 0.25) is 0 Å². The van der Waals surface area contributed by atoms with E-state index in [0.717, 1.165) is 31.2 Å². The van der Waals surface area contributed by atoms with Crippen LogP contribution in [-0.4, -0.2) is 27.9 Å². The van der Waals surface area contributed by atoms with Crippen molar-refractivity contribution in [3.8, 4) is 0 Å². The molecular weight excluding hydrogens is 296 g/mol. The van der Waals surface area contributed by atoms with Crippen LogP contribution in [0.1, 0.15) is 45.1 Å². The fourth-order valence-electron chi connectivity index (χ4n) is 2.97. The van der Waals surface area contributed by atoms with Gasteiger partial charge >= 0.3 is 0 Å². The molecule has 1 aromatic rings. The van der Waals surface area contributed by atoms with Crippen molar-refractivity contribution in [2.75, 3.05) is 5.32 Å². The summed E-state index contributed by atoms with van der Waals surface area (Å²) < 4.78 is 0. The van der Waals surface area contributed by atoms with E-state index in [-0.39, 0.29) is 29.6 Å². The first-order valence-corrected chi connectivity index (χ1v) is 8.04. The number of nitrogens with zero attached hydrogens (tertiary/aromatic N) is 2. The average Bonchev–Trinajstić information content (AvgIpc) is 2.48. The smallest absolute Gasteiger partial charge is 0.287 e. The highest BCUT2D eigenvalue weighted by Crippen LogP contribution is 2.28. The van der Waals surface area contributed by atoms with Crippen molar-refractivity contribution in [1.82, 2.24) is 10.3 Å². The van der Waals surface area contributed by atoms with Crippen LogP contribution in [0, 0.1) is 23.0 Å². The number of aryl methyl sites for hydroxylation is 1. The molecule has 0 bridgehead atoms. The Kier molecular flexibility index (Phi) is 5.52. The van der Waals surface area contributed by atoms with Gasteiger partial charge in [0.2, 0.25) is 5.91 Å². The first kappa shape index (κ1) is 17.2. The van der Waals surface area contributed by atoms with E-state index in [1.54, 1.807) is 6.92 Å². The van der Waals surface area contributed by atoms with Gasteiger partial charge in [-0.2, -0.15) is 0 Å². The lowest BCUT2D eigenvalue weighted by molar-refractivity contribution is -0.385. The van der Waals surface area contributed by atoms with Crippen LogP contribution in [0.3, 0.4) is 0 Å². The number of pyridine rings is 1. The summed E-state index contributed by atoms with van der Waals surface area (Å²) in [5.41, 5.74) is 0.735. The Labute approximate surface area is 136 Å². The first-order chi connectivity index (χ1) is 10.9. The summed E-state index contributed by atoms with van der Waals surface area (Å²) in [5, 5.41) is 17.1. The maximum absolute atomic E-state index is 12.2. The largest absolute Gasteiger partial charge is 0.367 e. The van der Waals surface area contributed by atoms with E-state index < -0.39 is 4.92 Å². The number of nitro groups is 1. The lowest BCUT2D eigenvalue weighted by Crippen LogP contribution is -2.40. The molecule has 0 spiro atoms. The van der Waals surface area contributed by atoms with Crippen LogP contribution in [0.5, 0.6) is 0 Å². The van der Waals surface area contributed by atoms with Crippen molar-refractivity contribution in [1.29, 1.82) is 0 Å². The fraction of sp³-hybridized carbons (Fsp3) is 0.625. The van der Waals surface area contributed by atoms with Crippen molar-refractivity contribution < 1.29 is 9.72 Å². The Bertz CT molecular complexity index is 589. The van der Waals surface area contributed by atoms with E-state index in [2.05, 4.69) is 15.6 Å². The van der Waals surface area contributed by atoms with Crippen molar-refractivity contribution in [2.24, 2.45) is 5.92 Å². The molecule has 1 saturated carbocycles. The minimum Gasteiger partial charge on any atom is -0.367 e. The van der Waals surface area contributed by atoms with Crippen LogP contribution < -0.4 is 10.6 Å². The average molecular weight is 320 g/mol. The third kappa shape index (κ3) is 4.64. The molecule has 0 radical (unpaired) electrons. The lowest BCUT2D eigenvalue weighted by atomic mass is 9.85. The number of rotatable bonds is 5. The van der Waals surface area contributed by atoms with E-state index in [9.17, 15) is 14.9 Å². The van der Waals surface area contributed by atoms with E-state index in [4.69, 9.17) is 0 Å². The molecule has 1 heterocycles. The van der Waals surface area contributed by atoms with Gasteiger partial charge in [0, 0.05) is 24.1 Å². The zero-order valence-corrected chi connectivity index (χ0v) is 13.8. The fourth-order valence-corrected chi connectivity index (χ4v) is 2.97. The van der Waals surface area contributed by atoms with E-state index in [0.29, 0.717) is 5.82 Å². The quantitative estimate of drug-likeness (QED) is 0.642. The molecule has 0 aliphatic heterocycles. The summed E-state index contributed by atoms with van der Waals surface area (Å²) in [4.78, 5) is 26.6. The second-order valence-corrected chi connectivity index (χ2v) is 6.48. The molecule has 2 rings (SSSR count). The van der Waals surface area contributed by atoms with E-state index in [1.165, 1.54) is 12.3 Å². The molecule has 2 N–H and O–H groups in total. The molecule has 1 amide bonds. The molecule has 0 saturated heterocycles. The van der Waals surface area contributed by atoms with Crippen LogP contribution in [0.25, 0.3) is 0 Å². The van der Waals surface area contributed by atoms with Gasteiger partial charge in [-0.3, -0.25) is 14.9 Å². The van der Waals surface area contributed by atoms with Gasteiger partial charge in [0.1, 0.15) is 12.0 Å². The highest BCUT2D eigenvalue weighted by Gasteiger charge is 2.28. The predicted molar refractivity (Wildman–Crippen MR) is 88.3 cm³/mol. The van der Waals surface area contributed by atoms with Crippen molar-refractivity contribution >= 4 is 17.4 Å². The van der Waals surface area contributed by atoms with Gasteiger partial charge in [0.25, 0.3) is 5.69 Å². The summed E-state index contributed by atoms with van der Waals surface area (Å²) in [6.45, 7) is 5.72. The Morgan fingerprint density at radius 3 is 2.78 bits per heavy atom. The molecule has 1 aliphatic carbocycles. The van der Waals surface area contributed by atoms with E-state index >= 15 is 0 Å². The van der Waals surface area contributed by atoms with Crippen LogP contribution in [0.15, 0.2) is 12.3 Å². The predicted octanol–water partition coefficient (Wildman–Crippen LogP) is 2.79. The summed E-state index contributed by atoms with van der Waals surface area (Å²) in [5.74, 6) is 0.785. The molecule has 2 atom stereocenters. The molecule has 1 aliphatic rings. The topological polar surface area (TPSA) is 97.2 Å². The van der Waals surface area contributed by atoms with Gasteiger partial charge < -0.3 is 10.6 Å². The van der Waals surface area contributed by atoms with Gasteiger partial charge in [-0.05, 0) is 45.6 Å². The van der Waals surface area contributed by atoms with Gasteiger partial charge in [-0.25, -0.2) is 4.98 Å². The number of anilines is 1. The monoisotopic (exact) mass is 320 g/mol. The van der Waals surface area contributed by atoms with Gasteiger partial charge in [0.15, 0.2) is 0 Å². The Balaban J connectivity index is 2.00. The zero-order valence-electron chi connectivity index (χ0n) is 13.8. The molecule has 1 aromatic heterocycles. The summed E-state index contributed by atoms with van der Waals surface area (Å²) in [7, 11) is 0. The SMILES string of the molecule is Cc1cc([N+](=O)[O-])cnc1NC1CCCC(C(=O)NC(C)C)C1. The summed E-state index contributed by atoms with van der Waals surface area (Å²) in [6.07, 6.45) is 4.89. The second-order valence-electron chi connectivity index (χ2n) is 6.48. The Morgan fingerprint density at radius 2 is 2.17 bits per heavy atom. The number of carbonyl (C=O) groups is 1. The van der Waals surface area contributed by atoms with Crippen LogP contribution in [0.4, 0.5) is 11.5 Å². The summed E-state index contributed by atoms with van der Waals surface area (Å²) >= 11 is 0. The number of aromatic nitrogens is 1. The van der Waals surface area contributed by atoms with Gasteiger partial charge in [-0.15, -0.1) is 0 Å². The second kappa shape index (κ2) is 7.39. The molecule has 0 aromatic carbocycles. The van der Waals surface area contributed by atoms with Crippen molar-refractivity contribution in [3.05, 3.63) is 27.9 Å². The zero-order chi connectivity index (χ0) is 17.0. The minimum absolute atomic E-state index is 0.00844. The number of amides is 1. The highest BCUT2D eigenvalue weighted by atomic mass is 16.6. The van der Waals surface area contributed by atoms with E-state index in [1.807, 2.05) is 13.8 Å². The number of hydrogen-bond donors (Lipinski definition) is 2. The lowest BCUT2D eigenvalue weighted by Gasteiger charge is -2.30. The molecule has 2 unspecified atom stereocenters. The van der Waals surface area contributed by atoms with Crippen LogP contribution >= 0.6 is 0 Å². The molecular formula is C16H24N4O3. The molecule has 1 fully saturated rings. The number of hydrogen-bond acceptors (Lipinski definition) is 5. The first-order valence-electron chi connectivity index (χ1n) is 8.04. The molecule has 7 heteroatoms. The maximum atomic E-state index is 12.2. The van der Waals surface area contributed by atoms with Crippen LogP contribution in [-0.2, 0) is 4.79 Å². The van der Waals surface area contributed by atoms with Gasteiger partial charge in [0.05, 0.1) is 4.92 Å².